The molecule has 5 heteroatoms. The van der Waals surface area contributed by atoms with Crippen molar-refractivity contribution in [2.24, 2.45) is 0 Å². The Kier molecular flexibility index (Phi) is 4.30. The van der Waals surface area contributed by atoms with Crippen molar-refractivity contribution in [2.45, 2.75) is 5.75 Å². The molecular weight excluding hydrogens is 250 g/mol. The lowest BCUT2D eigenvalue weighted by atomic mass is 10.3. The summed E-state index contributed by atoms with van der Waals surface area (Å²) in [6, 6.07) is 10.3. The number of para-hydroxylation sites is 2. The SMILES string of the molecule is O=C(CSCc1ccco1)Nc1ccccc1O. The summed E-state index contributed by atoms with van der Waals surface area (Å²) < 4.78 is 5.16. The van der Waals surface area contributed by atoms with Crippen molar-refractivity contribution in [1.82, 2.24) is 0 Å². The minimum Gasteiger partial charge on any atom is -0.506 e. The zero-order chi connectivity index (χ0) is 12.8. The van der Waals surface area contributed by atoms with Crippen molar-refractivity contribution < 1.29 is 14.3 Å². The first-order valence-electron chi connectivity index (χ1n) is 5.43. The topological polar surface area (TPSA) is 62.5 Å². The fraction of sp³-hybridized carbons (Fsp3) is 0.154. The number of amides is 1. The summed E-state index contributed by atoms with van der Waals surface area (Å²) in [5.74, 6) is 1.74. The second-order valence-corrected chi connectivity index (χ2v) is 4.62. The number of carbonyl (C=O) groups is 1. The lowest BCUT2D eigenvalue weighted by Crippen LogP contribution is -2.14. The highest BCUT2D eigenvalue weighted by Gasteiger charge is 2.06. The maximum Gasteiger partial charge on any atom is 0.234 e. The van der Waals surface area contributed by atoms with Gasteiger partial charge >= 0.3 is 0 Å². The molecule has 1 aromatic carbocycles. The van der Waals surface area contributed by atoms with Gasteiger partial charge in [-0.15, -0.1) is 11.8 Å². The molecule has 0 spiro atoms. The molecule has 0 aliphatic carbocycles. The highest BCUT2D eigenvalue weighted by Crippen LogP contribution is 2.22. The highest BCUT2D eigenvalue weighted by atomic mass is 32.2. The summed E-state index contributed by atoms with van der Waals surface area (Å²) in [6.07, 6.45) is 1.61. The van der Waals surface area contributed by atoms with Crippen LogP contribution in [0.1, 0.15) is 5.76 Å². The molecule has 0 saturated heterocycles. The number of nitrogens with one attached hydrogen (secondary N) is 1. The minimum absolute atomic E-state index is 0.0712. The van der Waals surface area contributed by atoms with Gasteiger partial charge in [0.15, 0.2) is 0 Å². The Morgan fingerprint density at radius 2 is 2.11 bits per heavy atom. The van der Waals surface area contributed by atoms with Gasteiger partial charge < -0.3 is 14.8 Å². The Bertz CT molecular complexity index is 511. The van der Waals surface area contributed by atoms with Crippen LogP contribution in [0.4, 0.5) is 5.69 Å². The molecule has 1 aromatic heterocycles. The zero-order valence-electron chi connectivity index (χ0n) is 9.63. The molecule has 0 atom stereocenters. The number of phenolic OH excluding ortho intramolecular Hbond substituents is 1. The standard InChI is InChI=1S/C13H13NO3S/c15-12-6-2-1-5-11(12)14-13(16)9-18-8-10-4-3-7-17-10/h1-7,15H,8-9H2,(H,14,16). The highest BCUT2D eigenvalue weighted by molar-refractivity contribution is 7.99. The zero-order valence-corrected chi connectivity index (χ0v) is 10.4. The van der Waals surface area contributed by atoms with E-state index in [4.69, 9.17) is 4.42 Å². The fourth-order valence-corrected chi connectivity index (χ4v) is 2.13. The summed E-state index contributed by atoms with van der Waals surface area (Å²) in [4.78, 5) is 11.6. The van der Waals surface area contributed by atoms with E-state index in [-0.39, 0.29) is 11.7 Å². The number of phenols is 1. The lowest BCUT2D eigenvalue weighted by molar-refractivity contribution is -0.113. The second-order valence-electron chi connectivity index (χ2n) is 3.64. The molecule has 0 aliphatic heterocycles. The molecule has 2 N–H and O–H groups in total. The van der Waals surface area contributed by atoms with Crippen LogP contribution in [0.25, 0.3) is 0 Å². The smallest absolute Gasteiger partial charge is 0.234 e. The van der Waals surface area contributed by atoms with Crippen molar-refractivity contribution in [3.63, 3.8) is 0 Å². The van der Waals surface area contributed by atoms with Gasteiger partial charge in [0, 0.05) is 0 Å². The average Bonchev–Trinajstić information content (AvgIpc) is 2.85. The van der Waals surface area contributed by atoms with Crippen molar-refractivity contribution in [2.75, 3.05) is 11.1 Å². The van der Waals surface area contributed by atoms with E-state index in [1.165, 1.54) is 17.8 Å². The van der Waals surface area contributed by atoms with Crippen LogP contribution in [0.15, 0.2) is 47.1 Å². The average molecular weight is 263 g/mol. The number of aromatic hydroxyl groups is 1. The molecule has 2 rings (SSSR count). The third-order valence-electron chi connectivity index (χ3n) is 2.24. The van der Waals surface area contributed by atoms with Crippen LogP contribution < -0.4 is 5.32 Å². The number of hydrogen-bond acceptors (Lipinski definition) is 4. The van der Waals surface area contributed by atoms with Gasteiger partial charge in [-0.2, -0.15) is 0 Å². The first kappa shape index (κ1) is 12.6. The van der Waals surface area contributed by atoms with Gasteiger partial charge in [-0.3, -0.25) is 4.79 Å². The molecular formula is C13H13NO3S. The molecule has 0 aliphatic rings. The van der Waals surface area contributed by atoms with Gasteiger partial charge in [0.25, 0.3) is 0 Å². The van der Waals surface area contributed by atoms with Gasteiger partial charge in [0.1, 0.15) is 11.5 Å². The van der Waals surface area contributed by atoms with Crippen LogP contribution in [0.5, 0.6) is 5.75 Å². The van der Waals surface area contributed by atoms with E-state index >= 15 is 0 Å². The summed E-state index contributed by atoms with van der Waals surface area (Å²) in [5, 5.41) is 12.1. The quantitative estimate of drug-likeness (QED) is 0.814. The van der Waals surface area contributed by atoms with Gasteiger partial charge in [-0.25, -0.2) is 0 Å². The summed E-state index contributed by atoms with van der Waals surface area (Å²) in [7, 11) is 0. The van der Waals surface area contributed by atoms with E-state index in [0.29, 0.717) is 17.2 Å². The van der Waals surface area contributed by atoms with Crippen LogP contribution >= 0.6 is 11.8 Å². The van der Waals surface area contributed by atoms with Crippen molar-refractivity contribution >= 4 is 23.4 Å². The number of furan rings is 1. The number of benzene rings is 1. The largest absolute Gasteiger partial charge is 0.506 e. The van der Waals surface area contributed by atoms with Crippen molar-refractivity contribution in [3.05, 3.63) is 48.4 Å². The normalized spacial score (nSPS) is 10.2. The molecule has 0 unspecified atom stereocenters. The predicted molar refractivity (Wildman–Crippen MR) is 71.6 cm³/mol. The molecule has 2 aromatic rings. The molecule has 0 bridgehead atoms. The number of carbonyl (C=O) groups excluding carboxylic acids is 1. The van der Waals surface area contributed by atoms with Crippen molar-refractivity contribution in [1.29, 1.82) is 0 Å². The van der Waals surface area contributed by atoms with Gasteiger partial charge in [-0.05, 0) is 24.3 Å². The Hall–Kier alpha value is -1.88. The maximum absolute atomic E-state index is 11.6. The predicted octanol–water partition coefficient (Wildman–Crippen LogP) is 2.86. The number of rotatable bonds is 5. The molecule has 0 saturated carbocycles. The van der Waals surface area contributed by atoms with E-state index in [1.807, 2.05) is 12.1 Å². The first-order chi connectivity index (χ1) is 8.75. The van der Waals surface area contributed by atoms with Gasteiger partial charge in [0.05, 0.1) is 23.5 Å². The van der Waals surface area contributed by atoms with Crippen LogP contribution in [-0.2, 0) is 10.5 Å². The molecule has 1 heterocycles. The second kappa shape index (κ2) is 6.16. The molecule has 94 valence electrons. The Morgan fingerprint density at radius 3 is 2.83 bits per heavy atom. The monoisotopic (exact) mass is 263 g/mol. The van der Waals surface area contributed by atoms with Crippen molar-refractivity contribution in [3.8, 4) is 5.75 Å². The van der Waals surface area contributed by atoms with Gasteiger partial charge in [-0.1, -0.05) is 12.1 Å². The van der Waals surface area contributed by atoms with Crippen LogP contribution in [0.3, 0.4) is 0 Å². The lowest BCUT2D eigenvalue weighted by Gasteiger charge is -2.06. The van der Waals surface area contributed by atoms with Crippen LogP contribution in [0, 0.1) is 0 Å². The Labute approximate surface area is 109 Å². The van der Waals surface area contributed by atoms with Gasteiger partial charge in [0.2, 0.25) is 5.91 Å². The maximum atomic E-state index is 11.6. The fourth-order valence-electron chi connectivity index (χ4n) is 1.40. The number of thioether (sulfide) groups is 1. The third-order valence-corrected chi connectivity index (χ3v) is 3.19. The molecule has 1 amide bonds. The molecule has 4 nitrogen and oxygen atoms in total. The van der Waals surface area contributed by atoms with E-state index in [0.717, 1.165) is 5.76 Å². The Morgan fingerprint density at radius 1 is 1.28 bits per heavy atom. The minimum atomic E-state index is -0.145. The third kappa shape index (κ3) is 3.56. The molecule has 0 radical (unpaired) electrons. The van der Waals surface area contributed by atoms with Crippen LogP contribution in [0.2, 0.25) is 0 Å². The summed E-state index contributed by atoms with van der Waals surface area (Å²) >= 11 is 1.46. The summed E-state index contributed by atoms with van der Waals surface area (Å²) in [5.41, 5.74) is 0.432. The number of hydrogen-bond donors (Lipinski definition) is 2. The van der Waals surface area contributed by atoms with E-state index < -0.39 is 0 Å². The number of anilines is 1. The van der Waals surface area contributed by atoms with E-state index in [1.54, 1.807) is 24.5 Å². The van der Waals surface area contributed by atoms with E-state index in [9.17, 15) is 9.90 Å². The molecule has 18 heavy (non-hydrogen) atoms. The van der Waals surface area contributed by atoms with Crippen LogP contribution in [-0.4, -0.2) is 16.8 Å². The summed E-state index contributed by atoms with van der Waals surface area (Å²) in [6.45, 7) is 0. The molecule has 0 fully saturated rings. The first-order valence-corrected chi connectivity index (χ1v) is 6.59. The van der Waals surface area contributed by atoms with E-state index in [2.05, 4.69) is 5.32 Å². The Balaban J connectivity index is 1.77.